The van der Waals surface area contributed by atoms with Gasteiger partial charge in [-0.05, 0) is 61.2 Å². The van der Waals surface area contributed by atoms with E-state index in [0.29, 0.717) is 27.3 Å². The third-order valence-corrected chi connectivity index (χ3v) is 11.9. The molecule has 0 unspecified atom stereocenters. The Hall–Kier alpha value is -0.572. The van der Waals surface area contributed by atoms with Crippen molar-refractivity contribution in [2.75, 3.05) is 37.0 Å². The molecule has 0 aromatic heterocycles. The molecule has 1 radical (unpaired) electrons. The first kappa shape index (κ1) is 39.6. The van der Waals surface area contributed by atoms with Crippen molar-refractivity contribution in [1.29, 1.82) is 0 Å². The zero-order valence-electron chi connectivity index (χ0n) is 23.7. The average molecular weight is 821 g/mol. The van der Waals surface area contributed by atoms with Crippen LogP contribution in [0.2, 0.25) is 0 Å². The third-order valence-electron chi connectivity index (χ3n) is 5.27. The zero-order valence-corrected chi connectivity index (χ0v) is 30.4. The molecule has 0 aliphatic heterocycles. The molecule has 213 valence electrons. The van der Waals surface area contributed by atoms with E-state index in [-0.39, 0.29) is 21.1 Å². The van der Waals surface area contributed by atoms with Gasteiger partial charge in [0.05, 0.1) is 0 Å². The van der Waals surface area contributed by atoms with Crippen LogP contribution in [0, 0.1) is 0 Å². The van der Waals surface area contributed by atoms with Crippen LogP contribution < -0.4 is 13.5 Å². The van der Waals surface area contributed by atoms with E-state index in [0.717, 1.165) is 0 Å². The Balaban J connectivity index is 0. The molecule has 0 atom stereocenters. The second-order valence-corrected chi connectivity index (χ2v) is 15.9. The second kappa shape index (κ2) is 28.0. The predicted octanol–water partition coefficient (Wildman–Crippen LogP) is 9.34. The van der Waals surface area contributed by atoms with Gasteiger partial charge in [0.25, 0.3) is 0 Å². The predicted molar refractivity (Wildman–Crippen MR) is 171 cm³/mol. The topological polar surface area (TPSA) is 35.5 Å². The van der Waals surface area contributed by atoms with Gasteiger partial charge < -0.3 is 0 Å². The SMILES string of the molecule is CCP(CC)CC.CCP(CC)CC.O=[P+](Oc1ccccc1)Oc1ccccc1.[Pt].[Se]c1ccccc1. The van der Waals surface area contributed by atoms with E-state index < -0.39 is 8.25 Å². The molecular formula is C30H45O3P3PtSe+. The quantitative estimate of drug-likeness (QED) is 0.151. The molecule has 0 heterocycles. The van der Waals surface area contributed by atoms with Crippen molar-refractivity contribution >= 4 is 44.6 Å². The monoisotopic (exact) mass is 821 g/mol. The van der Waals surface area contributed by atoms with E-state index in [2.05, 4.69) is 57.6 Å². The molecule has 0 aliphatic rings. The molecular weight excluding hydrogens is 775 g/mol. The number of benzene rings is 3. The summed E-state index contributed by atoms with van der Waals surface area (Å²) in [5.74, 6) is 1.05. The van der Waals surface area contributed by atoms with Crippen LogP contribution in [-0.4, -0.2) is 53.0 Å². The zero-order chi connectivity index (χ0) is 27.7. The average Bonchev–Trinajstić information content (AvgIpc) is 2.93. The van der Waals surface area contributed by atoms with Crippen molar-refractivity contribution in [2.45, 2.75) is 41.5 Å². The summed E-state index contributed by atoms with van der Waals surface area (Å²) in [6.45, 7) is 13.7. The molecule has 0 fully saturated rings. The molecule has 0 aliphatic carbocycles. The van der Waals surface area contributed by atoms with E-state index in [1.807, 2.05) is 42.5 Å². The molecule has 38 heavy (non-hydrogen) atoms. The minimum atomic E-state index is -2.18. The molecule has 0 spiro atoms. The second-order valence-electron chi connectivity index (χ2n) is 7.58. The maximum atomic E-state index is 11.5. The van der Waals surface area contributed by atoms with Crippen LogP contribution in [0.3, 0.4) is 0 Å². The van der Waals surface area contributed by atoms with Crippen molar-refractivity contribution in [3.05, 3.63) is 91.0 Å². The molecule has 0 bridgehead atoms. The van der Waals surface area contributed by atoms with Crippen molar-refractivity contribution in [1.82, 2.24) is 0 Å². The van der Waals surface area contributed by atoms with Gasteiger partial charge in [-0.2, -0.15) is 0 Å². The van der Waals surface area contributed by atoms with Gasteiger partial charge in [0.2, 0.25) is 0 Å². The third kappa shape index (κ3) is 22.3. The van der Waals surface area contributed by atoms with E-state index in [9.17, 15) is 4.57 Å². The number of rotatable bonds is 10. The number of hydrogen-bond acceptors (Lipinski definition) is 3. The van der Waals surface area contributed by atoms with Crippen LogP contribution in [0.4, 0.5) is 0 Å². The summed E-state index contributed by atoms with van der Waals surface area (Å²) in [5.41, 5.74) is 0. The molecule has 0 N–H and O–H groups in total. The van der Waals surface area contributed by atoms with Crippen molar-refractivity contribution in [3.8, 4) is 11.5 Å². The molecule has 3 rings (SSSR count). The Morgan fingerprint density at radius 2 is 0.816 bits per heavy atom. The van der Waals surface area contributed by atoms with E-state index in [1.54, 1.807) is 48.5 Å². The summed E-state index contributed by atoms with van der Waals surface area (Å²) in [6, 6.07) is 27.9. The summed E-state index contributed by atoms with van der Waals surface area (Å²) < 4.78 is 22.9. The normalized spacial score (nSPS) is 9.37. The first-order chi connectivity index (χ1) is 17.9. The molecule has 0 amide bonds. The van der Waals surface area contributed by atoms with Crippen LogP contribution in [-0.2, 0) is 25.6 Å². The van der Waals surface area contributed by atoms with Gasteiger partial charge in [-0.1, -0.05) is 77.9 Å². The van der Waals surface area contributed by atoms with Crippen molar-refractivity contribution < 1.29 is 34.7 Å². The Bertz CT molecular complexity index is 832. The summed E-state index contributed by atoms with van der Waals surface area (Å²) >= 11 is 2.90. The van der Waals surface area contributed by atoms with Crippen LogP contribution >= 0.6 is 24.1 Å². The first-order valence-corrected chi connectivity index (χ1v) is 18.8. The maximum absolute atomic E-state index is 11.5. The van der Waals surface area contributed by atoms with E-state index >= 15 is 0 Å². The number of para-hydroxylation sites is 2. The van der Waals surface area contributed by atoms with Gasteiger partial charge >= 0.3 is 59.1 Å². The Morgan fingerprint density at radius 1 is 0.553 bits per heavy atom. The fourth-order valence-electron chi connectivity index (χ4n) is 2.92. The molecule has 3 nitrogen and oxygen atoms in total. The summed E-state index contributed by atoms with van der Waals surface area (Å²) in [6.07, 6.45) is 8.51. The summed E-state index contributed by atoms with van der Waals surface area (Å²) in [4.78, 5) is 0. The fourth-order valence-corrected chi connectivity index (χ4v) is 6.55. The van der Waals surface area contributed by atoms with Gasteiger partial charge in [0.15, 0.2) is 11.5 Å². The van der Waals surface area contributed by atoms with Crippen LogP contribution in [0.5, 0.6) is 11.5 Å². The van der Waals surface area contributed by atoms with Gasteiger partial charge in [-0.25, -0.2) is 9.05 Å². The van der Waals surface area contributed by atoms with Crippen molar-refractivity contribution in [3.63, 3.8) is 0 Å². The molecule has 0 saturated heterocycles. The molecule has 3 aromatic rings. The standard InChI is InChI=1S/C12H10O3P.2C6H15P.C6H5Se.Pt/c13-16(14-11-7-3-1-4-8-11)15-12-9-5-2-6-10-12;2*1-4-7(5-2)6-3;7-6-4-2-1-3-5-6;/h1-10H;2*4-6H2,1-3H3;1-5H;/q+1;;;;. The van der Waals surface area contributed by atoms with Crippen LogP contribution in [0.15, 0.2) is 91.0 Å². The summed E-state index contributed by atoms with van der Waals surface area (Å²) in [7, 11) is -1.29. The van der Waals surface area contributed by atoms with E-state index in [4.69, 9.17) is 9.05 Å². The van der Waals surface area contributed by atoms with Gasteiger partial charge in [-0.15, -0.1) is 15.8 Å². The van der Waals surface area contributed by atoms with Crippen molar-refractivity contribution in [2.24, 2.45) is 0 Å². The van der Waals surface area contributed by atoms with Gasteiger partial charge in [-0.3, -0.25) is 0 Å². The minimum absolute atomic E-state index is 0. The summed E-state index contributed by atoms with van der Waals surface area (Å²) in [5, 5.41) is 0. The fraction of sp³-hybridized carbons (Fsp3) is 0.400. The first-order valence-electron chi connectivity index (χ1n) is 13.0. The Morgan fingerprint density at radius 3 is 1.00 bits per heavy atom. The Kier molecular flexibility index (Phi) is 29.1. The van der Waals surface area contributed by atoms with E-state index in [1.165, 1.54) is 41.4 Å². The number of hydrogen-bond donors (Lipinski definition) is 0. The molecule has 0 saturated carbocycles. The van der Waals surface area contributed by atoms with Crippen LogP contribution in [0.1, 0.15) is 41.5 Å². The van der Waals surface area contributed by atoms with Gasteiger partial charge in [0, 0.05) is 25.6 Å². The molecule has 8 heteroatoms. The molecule has 3 aromatic carbocycles. The van der Waals surface area contributed by atoms with Gasteiger partial charge in [0.1, 0.15) is 0 Å². The Labute approximate surface area is 258 Å². The van der Waals surface area contributed by atoms with Crippen LogP contribution in [0.25, 0.3) is 0 Å².